The van der Waals surface area contributed by atoms with Gasteiger partial charge in [-0.1, -0.05) is 12.1 Å². The van der Waals surface area contributed by atoms with Gasteiger partial charge in [0.2, 0.25) is 0 Å². The first-order chi connectivity index (χ1) is 9.24. The van der Waals surface area contributed by atoms with Crippen LogP contribution in [0.5, 0.6) is 5.75 Å². The molecule has 0 spiro atoms. The highest BCUT2D eigenvalue weighted by atomic mass is 17.0. The van der Waals surface area contributed by atoms with Gasteiger partial charge in [0.25, 0.3) is 5.09 Å². The maximum Gasteiger partial charge on any atom is 0.294 e. The molecule has 1 heterocycles. The zero-order valence-corrected chi connectivity index (χ0v) is 10.3. The van der Waals surface area contributed by atoms with Gasteiger partial charge in [0, 0.05) is 0 Å². The van der Waals surface area contributed by atoms with Crippen LogP contribution < -0.4 is 4.74 Å². The summed E-state index contributed by atoms with van der Waals surface area (Å²) >= 11 is 0. The van der Waals surface area contributed by atoms with E-state index in [1.165, 1.54) is 0 Å². The van der Waals surface area contributed by atoms with Gasteiger partial charge < -0.3 is 19.0 Å². The van der Waals surface area contributed by atoms with Crippen LogP contribution >= 0.6 is 0 Å². The summed E-state index contributed by atoms with van der Waals surface area (Å²) in [4.78, 5) is 14.0. The standard InChI is InChI=1S/C12H15NO6/c14-13(15)19-6-5-16-7-10-1-3-11(4-2-10)17-8-12-9-18-12/h1-4,12H,5-9H2. The second-order valence-corrected chi connectivity index (χ2v) is 4.02. The Bertz CT molecular complexity index is 403. The average molecular weight is 269 g/mol. The molecule has 7 nitrogen and oxygen atoms in total. The summed E-state index contributed by atoms with van der Waals surface area (Å²) in [6, 6.07) is 7.48. The largest absolute Gasteiger partial charge is 0.491 e. The number of hydrogen-bond donors (Lipinski definition) is 0. The molecule has 1 aliphatic rings. The van der Waals surface area contributed by atoms with Crippen LogP contribution in [0.15, 0.2) is 24.3 Å². The summed E-state index contributed by atoms with van der Waals surface area (Å²) in [6.07, 6.45) is 0.240. The van der Waals surface area contributed by atoms with Crippen LogP contribution in [0.2, 0.25) is 0 Å². The normalized spacial score (nSPS) is 16.9. The minimum atomic E-state index is -0.834. The topological polar surface area (TPSA) is 83.4 Å². The zero-order chi connectivity index (χ0) is 13.5. The van der Waals surface area contributed by atoms with Crippen molar-refractivity contribution in [2.24, 2.45) is 0 Å². The first kappa shape index (κ1) is 13.6. The number of nitrogens with zero attached hydrogens (tertiary/aromatic N) is 1. The van der Waals surface area contributed by atoms with E-state index >= 15 is 0 Å². The Morgan fingerprint density at radius 3 is 2.68 bits per heavy atom. The fraction of sp³-hybridized carbons (Fsp3) is 0.500. The third-order valence-electron chi connectivity index (χ3n) is 2.45. The van der Waals surface area contributed by atoms with Crippen LogP contribution in [0.3, 0.4) is 0 Å². The average Bonchev–Trinajstić information content (AvgIpc) is 3.21. The highest BCUT2D eigenvalue weighted by Gasteiger charge is 2.22. The second-order valence-electron chi connectivity index (χ2n) is 4.02. The fourth-order valence-corrected chi connectivity index (χ4v) is 1.40. The molecule has 1 aromatic rings. The van der Waals surface area contributed by atoms with Crippen molar-refractivity contribution in [2.75, 3.05) is 26.4 Å². The molecule has 1 fully saturated rings. The lowest BCUT2D eigenvalue weighted by Gasteiger charge is -2.06. The molecule has 1 aliphatic heterocycles. The van der Waals surface area contributed by atoms with Crippen LogP contribution in [-0.4, -0.2) is 37.6 Å². The Hall–Kier alpha value is -1.86. The Labute approximate surface area is 110 Å². The van der Waals surface area contributed by atoms with Crippen molar-refractivity contribution in [3.05, 3.63) is 39.9 Å². The van der Waals surface area contributed by atoms with Gasteiger partial charge in [-0.25, -0.2) is 0 Å². The number of hydrogen-bond acceptors (Lipinski definition) is 6. The fourth-order valence-electron chi connectivity index (χ4n) is 1.40. The SMILES string of the molecule is O=[N+]([O-])OCCOCc1ccc(OCC2CO2)cc1. The van der Waals surface area contributed by atoms with Crippen molar-refractivity contribution >= 4 is 0 Å². The minimum absolute atomic E-state index is 0.0599. The van der Waals surface area contributed by atoms with Crippen molar-refractivity contribution < 1.29 is 24.1 Å². The Morgan fingerprint density at radius 2 is 2.05 bits per heavy atom. The lowest BCUT2D eigenvalue weighted by Crippen LogP contribution is -2.08. The van der Waals surface area contributed by atoms with Crippen molar-refractivity contribution in [3.63, 3.8) is 0 Å². The molecule has 0 N–H and O–H groups in total. The monoisotopic (exact) mass is 269 g/mol. The molecule has 1 unspecified atom stereocenters. The van der Waals surface area contributed by atoms with E-state index < -0.39 is 5.09 Å². The molecule has 0 radical (unpaired) electrons. The molecule has 1 aromatic carbocycles. The van der Waals surface area contributed by atoms with E-state index in [2.05, 4.69) is 4.84 Å². The van der Waals surface area contributed by atoms with Gasteiger partial charge in [0.1, 0.15) is 25.1 Å². The molecule has 0 aliphatic carbocycles. The predicted molar refractivity (Wildman–Crippen MR) is 64.3 cm³/mol. The highest BCUT2D eigenvalue weighted by Crippen LogP contribution is 2.16. The van der Waals surface area contributed by atoms with Crippen LogP contribution in [0.25, 0.3) is 0 Å². The summed E-state index contributed by atoms with van der Waals surface area (Å²) in [5.41, 5.74) is 0.969. The van der Waals surface area contributed by atoms with Crippen molar-refractivity contribution in [3.8, 4) is 5.75 Å². The van der Waals surface area contributed by atoms with E-state index in [1.807, 2.05) is 24.3 Å². The van der Waals surface area contributed by atoms with Crippen LogP contribution in [0.1, 0.15) is 5.56 Å². The Balaban J connectivity index is 1.62. The quantitative estimate of drug-likeness (QED) is 0.290. The van der Waals surface area contributed by atoms with Crippen molar-refractivity contribution in [2.45, 2.75) is 12.7 Å². The van der Waals surface area contributed by atoms with Crippen LogP contribution in [0.4, 0.5) is 0 Å². The second kappa shape index (κ2) is 6.91. The van der Waals surface area contributed by atoms with Gasteiger partial charge >= 0.3 is 0 Å². The van der Waals surface area contributed by atoms with Gasteiger partial charge in [-0.05, 0) is 17.7 Å². The zero-order valence-electron chi connectivity index (χ0n) is 10.3. The number of ether oxygens (including phenoxy) is 3. The van der Waals surface area contributed by atoms with E-state index in [9.17, 15) is 10.1 Å². The van der Waals surface area contributed by atoms with Gasteiger partial charge in [-0.15, -0.1) is 10.1 Å². The third-order valence-corrected chi connectivity index (χ3v) is 2.45. The molecular formula is C12H15NO6. The first-order valence-corrected chi connectivity index (χ1v) is 5.92. The van der Waals surface area contributed by atoms with E-state index in [-0.39, 0.29) is 19.3 Å². The Kier molecular flexibility index (Phi) is 4.93. The highest BCUT2D eigenvalue weighted by molar-refractivity contribution is 5.26. The molecule has 0 amide bonds. The van der Waals surface area contributed by atoms with Gasteiger partial charge in [-0.2, -0.15) is 0 Å². The molecular weight excluding hydrogens is 254 g/mol. The lowest BCUT2D eigenvalue weighted by molar-refractivity contribution is -0.758. The van der Waals surface area contributed by atoms with Crippen molar-refractivity contribution in [1.82, 2.24) is 0 Å². The molecule has 19 heavy (non-hydrogen) atoms. The molecule has 2 rings (SSSR count). The summed E-state index contributed by atoms with van der Waals surface area (Å²) in [7, 11) is 0. The number of epoxide rings is 1. The predicted octanol–water partition coefficient (Wildman–Crippen LogP) is 1.19. The third kappa shape index (κ3) is 5.54. The van der Waals surface area contributed by atoms with Crippen LogP contribution in [0, 0.1) is 10.1 Å². The summed E-state index contributed by atoms with van der Waals surface area (Å²) < 4.78 is 15.8. The molecule has 0 bridgehead atoms. The first-order valence-electron chi connectivity index (χ1n) is 5.92. The Morgan fingerprint density at radius 1 is 1.32 bits per heavy atom. The molecule has 0 saturated carbocycles. The summed E-state index contributed by atoms with van der Waals surface area (Å²) in [5.74, 6) is 0.788. The van der Waals surface area contributed by atoms with Gasteiger partial charge in [-0.3, -0.25) is 0 Å². The number of rotatable bonds is 9. The minimum Gasteiger partial charge on any atom is -0.491 e. The summed E-state index contributed by atoms with van der Waals surface area (Å²) in [5, 5.41) is 9.05. The van der Waals surface area contributed by atoms with E-state index in [0.29, 0.717) is 13.2 Å². The molecule has 104 valence electrons. The molecule has 1 atom stereocenters. The van der Waals surface area contributed by atoms with E-state index in [0.717, 1.165) is 17.9 Å². The van der Waals surface area contributed by atoms with Gasteiger partial charge in [0.15, 0.2) is 0 Å². The van der Waals surface area contributed by atoms with Crippen LogP contribution in [-0.2, 0) is 20.9 Å². The lowest BCUT2D eigenvalue weighted by atomic mass is 10.2. The maximum atomic E-state index is 9.89. The molecule has 7 heteroatoms. The van der Waals surface area contributed by atoms with E-state index in [1.54, 1.807) is 0 Å². The van der Waals surface area contributed by atoms with Gasteiger partial charge in [0.05, 0.1) is 19.8 Å². The van der Waals surface area contributed by atoms with E-state index in [4.69, 9.17) is 14.2 Å². The molecule has 0 aromatic heterocycles. The summed E-state index contributed by atoms with van der Waals surface area (Å²) in [6.45, 7) is 1.85. The smallest absolute Gasteiger partial charge is 0.294 e. The number of benzene rings is 1. The molecule has 1 saturated heterocycles. The van der Waals surface area contributed by atoms with Crippen molar-refractivity contribution in [1.29, 1.82) is 0 Å². The maximum absolute atomic E-state index is 9.89.